The van der Waals surface area contributed by atoms with E-state index in [9.17, 15) is 9.59 Å². The fraction of sp³-hybridized carbons (Fsp3) is 0.309. The van der Waals surface area contributed by atoms with Crippen molar-refractivity contribution >= 4 is 200 Å². The SMILES string of the molecule is C.CN(C)C(=O)/C=C/c1cnc2oc3c(N4CCOCC4)nc(Cl)nc3c2c1.CN(C)Cc1cnc2oc3c(N4CCOCC4)nc(-c4cccc5[nH]ccc45)nc3c2c1.CN(C)Cc1cnc2oc3c(N4CCOCC4)nc(Cl)nc3c2c1.O=Cc1cnc2oc3c(N4CCOCC4)nc(Cl)nc3c2c1.OB(O)c1cccc2[nH]ccc12.[HH]. The van der Waals surface area contributed by atoms with E-state index in [-0.39, 0.29) is 30.6 Å². The maximum absolute atomic E-state index is 11.8. The number of likely N-dealkylation sites (N-methyl/N-ethyl adjacent to an activating group) is 1. The van der Waals surface area contributed by atoms with E-state index in [1.807, 2.05) is 75.9 Å². The minimum Gasteiger partial charge on any atom is -0.432 e. The molecule has 4 aliphatic heterocycles. The number of carbonyl (C=O) groups excluding carboxylic acids is 2. The minimum atomic E-state index is -1.40. The maximum Gasteiger partial charge on any atom is 0.489 e. The van der Waals surface area contributed by atoms with Crippen molar-refractivity contribution in [3.05, 3.63) is 154 Å². The molecule has 118 heavy (non-hydrogen) atoms. The van der Waals surface area contributed by atoms with E-state index in [1.165, 1.54) is 17.2 Å². The summed E-state index contributed by atoms with van der Waals surface area (Å²) < 4.78 is 45.6. The van der Waals surface area contributed by atoms with Gasteiger partial charge in [-0.05, 0) is 145 Å². The third-order valence-electron chi connectivity index (χ3n) is 19.7. The first kappa shape index (κ1) is 81.5. The Kier molecular flexibility index (Phi) is 24.9. The van der Waals surface area contributed by atoms with Crippen LogP contribution in [0, 0.1) is 0 Å². The number of H-pyrrole nitrogens is 2. The van der Waals surface area contributed by atoms with Crippen LogP contribution in [-0.4, -0.2) is 261 Å². The number of rotatable bonds is 13. The summed E-state index contributed by atoms with van der Waals surface area (Å²) in [6.07, 6.45) is 14.5. The summed E-state index contributed by atoms with van der Waals surface area (Å²) in [5.41, 5.74) is 14.0. The van der Waals surface area contributed by atoms with Gasteiger partial charge in [-0.15, -0.1) is 0 Å². The highest BCUT2D eigenvalue weighted by atomic mass is 35.5. The highest BCUT2D eigenvalue weighted by Crippen LogP contribution is 2.40. The molecule has 0 bridgehead atoms. The number of amides is 1. The highest BCUT2D eigenvalue weighted by Gasteiger charge is 2.29. The largest absolute Gasteiger partial charge is 0.489 e. The molecule has 610 valence electrons. The van der Waals surface area contributed by atoms with Crippen LogP contribution in [0.4, 0.5) is 23.3 Å². The number of hydrogen-bond acceptors (Lipinski definition) is 30. The standard InChI is InChI=1S/C24H24N6O2.C18H18ClN5O3.C16H18ClN5O2.C14H11ClN4O3.C8H8BNO2.CH4.H2/c1-29(2)14-15-12-18-20-21(32-24(18)26-13-15)23(30-8-10-31-11-9-30)28-22(27-20)17-4-3-5-19-16(17)6-7-25-19;1-23(2)13(25)4-3-11-9-12-14-15(27-17(12)20-10-11)16(22-18(19)21-14)24-5-7-26-8-6-24;1-21(2)9-10-7-11-12-13(24-15(11)18-8-10)14(20-16(17)19-12)22-3-5-23-6-4-22;15-14-17-10-9-5-8(7-20)6-16-13(9)22-11(10)12(18-14)19-1-3-21-4-2-19;11-9(12)7-2-1-3-8-6(7)4-5-10-8;;/h3-7,12-13,25H,8-11,14H2,1-2H3;3-4,9-10H,5-8H2,1-2H3;7-8H,3-6,9H2,1-2H3;5-7H,1-4H2;1-5,10-12H;1H4;1H/b;4-3+;;;;;. The second kappa shape index (κ2) is 36.1. The molecule has 4 fully saturated rings. The van der Waals surface area contributed by atoms with Crippen molar-refractivity contribution in [1.29, 1.82) is 0 Å². The number of carbonyl (C=O) groups is 2. The number of fused-ring (bicyclic) bond motifs is 14. The topological polar surface area (TPSA) is 373 Å². The molecule has 1 amide bonds. The molecule has 0 unspecified atom stereocenters. The molecule has 0 atom stereocenters. The molecule has 4 aliphatic rings. The molecule has 37 heteroatoms. The predicted molar refractivity (Wildman–Crippen MR) is 458 cm³/mol. The second-order valence-electron chi connectivity index (χ2n) is 28.5. The number of nitrogens with one attached hydrogen (secondary N) is 2. The third-order valence-corrected chi connectivity index (χ3v) is 20.2. The summed E-state index contributed by atoms with van der Waals surface area (Å²) in [7, 11) is 10.1. The molecule has 0 spiro atoms. The molecule has 33 nitrogen and oxygen atoms in total. The van der Waals surface area contributed by atoms with Crippen molar-refractivity contribution < 1.29 is 57.7 Å². The van der Waals surface area contributed by atoms with Gasteiger partial charge in [0, 0.05) is 152 Å². The molecular formula is C81H85BCl3N21O12. The molecule has 16 aromatic rings. The van der Waals surface area contributed by atoms with Gasteiger partial charge in [0.05, 0.1) is 74.4 Å². The number of aldehydes is 1. The first-order valence-electron chi connectivity index (χ1n) is 37.7. The first-order valence-corrected chi connectivity index (χ1v) is 38.8. The fourth-order valence-electron chi connectivity index (χ4n) is 14.2. The van der Waals surface area contributed by atoms with E-state index in [0.717, 1.165) is 117 Å². The number of aromatic amines is 2. The zero-order valence-electron chi connectivity index (χ0n) is 64.5. The van der Waals surface area contributed by atoms with Crippen molar-refractivity contribution in [1.82, 2.24) is 84.5 Å². The number of ether oxygens (including phenoxy) is 4. The lowest BCUT2D eigenvalue weighted by Crippen LogP contribution is -2.37. The van der Waals surface area contributed by atoms with Crippen LogP contribution in [-0.2, 0) is 36.8 Å². The monoisotopic (exact) mass is 1660 g/mol. The van der Waals surface area contributed by atoms with Crippen LogP contribution in [0.2, 0.25) is 15.9 Å². The number of aromatic nitrogens is 14. The number of pyridine rings is 4. The number of morpholine rings is 4. The Morgan fingerprint density at radius 2 is 0.847 bits per heavy atom. The van der Waals surface area contributed by atoms with Gasteiger partial charge in [0.2, 0.25) is 44.6 Å². The van der Waals surface area contributed by atoms with E-state index >= 15 is 0 Å². The zero-order chi connectivity index (χ0) is 81.0. The summed E-state index contributed by atoms with van der Waals surface area (Å²) in [5.74, 6) is 3.36. The molecule has 20 rings (SSSR count). The number of hydrogen-bond donors (Lipinski definition) is 4. The van der Waals surface area contributed by atoms with Crippen LogP contribution >= 0.6 is 34.8 Å². The molecular weight excluding hydrogens is 1580 g/mol. The van der Waals surface area contributed by atoms with Crippen molar-refractivity contribution in [2.45, 2.75) is 20.5 Å². The zero-order valence-corrected chi connectivity index (χ0v) is 66.8. The van der Waals surface area contributed by atoms with Gasteiger partial charge in [0.25, 0.3) is 0 Å². The van der Waals surface area contributed by atoms with Crippen molar-refractivity contribution in [2.24, 2.45) is 0 Å². The van der Waals surface area contributed by atoms with Gasteiger partial charge in [0.1, 0.15) is 22.1 Å². The van der Waals surface area contributed by atoms with Gasteiger partial charge in [0.15, 0.2) is 57.7 Å². The Labute approximate surface area is 691 Å². The lowest BCUT2D eigenvalue weighted by molar-refractivity contribution is -0.123. The Morgan fingerprint density at radius 3 is 1.26 bits per heavy atom. The number of furan rings is 4. The fourth-order valence-corrected chi connectivity index (χ4v) is 14.7. The number of benzene rings is 2. The minimum absolute atomic E-state index is 0. The summed E-state index contributed by atoms with van der Waals surface area (Å²) in [6, 6.07) is 23.2. The van der Waals surface area contributed by atoms with Crippen LogP contribution in [0.15, 0.2) is 134 Å². The van der Waals surface area contributed by atoms with E-state index in [2.05, 4.69) is 115 Å². The molecule has 4 N–H and O–H groups in total. The van der Waals surface area contributed by atoms with Crippen molar-refractivity contribution in [3.63, 3.8) is 0 Å². The third kappa shape index (κ3) is 17.6. The van der Waals surface area contributed by atoms with Gasteiger partial charge in [-0.2, -0.15) is 15.0 Å². The maximum atomic E-state index is 11.8. The normalized spacial score (nSPS) is 14.7. The van der Waals surface area contributed by atoms with Crippen LogP contribution in [0.5, 0.6) is 0 Å². The summed E-state index contributed by atoms with van der Waals surface area (Å²) >= 11 is 18.4. The van der Waals surface area contributed by atoms with Crippen LogP contribution in [0.3, 0.4) is 0 Å². The van der Waals surface area contributed by atoms with Crippen molar-refractivity contribution in [3.8, 4) is 11.4 Å². The van der Waals surface area contributed by atoms with E-state index in [1.54, 1.807) is 50.8 Å². The quantitative estimate of drug-likeness (QED) is 0.0360. The average molecular weight is 1660 g/mol. The van der Waals surface area contributed by atoms with Crippen LogP contribution in [0.1, 0.15) is 35.9 Å². The van der Waals surface area contributed by atoms with E-state index < -0.39 is 7.12 Å². The van der Waals surface area contributed by atoms with E-state index in [0.29, 0.717) is 180 Å². The molecule has 0 saturated carbocycles. The summed E-state index contributed by atoms with van der Waals surface area (Å²) in [6.45, 7) is 12.6. The lowest BCUT2D eigenvalue weighted by atomic mass is 9.78. The summed E-state index contributed by atoms with van der Waals surface area (Å²) in [4.78, 5) is 96.7. The van der Waals surface area contributed by atoms with Gasteiger partial charge in [-0.3, -0.25) is 9.59 Å². The number of anilines is 4. The van der Waals surface area contributed by atoms with E-state index in [4.69, 9.17) is 91.4 Å². The molecule has 4 saturated heterocycles. The smallest absolute Gasteiger partial charge is 0.432 e. The Morgan fingerprint density at radius 1 is 0.475 bits per heavy atom. The Balaban J connectivity index is 0.000000125. The average Bonchev–Trinajstić information content (AvgIpc) is 1.65. The molecule has 0 aliphatic carbocycles. The number of nitrogens with zero attached hydrogens (tertiary/aromatic N) is 19. The van der Waals surface area contributed by atoms with Crippen molar-refractivity contribution in [2.75, 3.05) is 167 Å². The Bertz CT molecular complexity index is 6360. The highest BCUT2D eigenvalue weighted by molar-refractivity contribution is 6.62. The lowest BCUT2D eigenvalue weighted by Gasteiger charge is -2.27. The molecule has 0 radical (unpaired) electrons. The van der Waals surface area contributed by atoms with Crippen LogP contribution < -0.4 is 25.1 Å². The molecule has 14 aromatic heterocycles. The van der Waals surface area contributed by atoms with Gasteiger partial charge >= 0.3 is 7.12 Å². The first-order chi connectivity index (χ1) is 56.9. The summed E-state index contributed by atoms with van der Waals surface area (Å²) in [5, 5.41) is 23.6. The Hall–Kier alpha value is -11.7. The molecule has 18 heterocycles. The van der Waals surface area contributed by atoms with Gasteiger partial charge in [-0.1, -0.05) is 31.7 Å². The second-order valence-corrected chi connectivity index (χ2v) is 29.5. The van der Waals surface area contributed by atoms with Gasteiger partial charge in [-0.25, -0.2) is 44.9 Å². The predicted octanol–water partition coefficient (Wildman–Crippen LogP) is 11.3. The number of halogens is 3. The molecule has 2 aromatic carbocycles. The van der Waals surface area contributed by atoms with Gasteiger partial charge < -0.3 is 90.9 Å². The van der Waals surface area contributed by atoms with Crippen LogP contribution in [0.25, 0.3) is 128 Å².